The largest absolute Gasteiger partial charge is 0.354 e. The highest BCUT2D eigenvalue weighted by Gasteiger charge is 2.30. The first kappa shape index (κ1) is 36.1. The number of nitrogens with one attached hydrogen (secondary N) is 4. The summed E-state index contributed by atoms with van der Waals surface area (Å²) in [4.78, 5) is 73.3. The molecule has 2 aliphatic rings. The third-order valence-electron chi connectivity index (χ3n) is 8.73. The SMILES string of the molecule is CC(C)C[C@H]1NC(=O)[C@@H](C)NC(=O)CN(C(=O)c2nnc3n2CCCCC3)CCCNC(=O)Cn2nc(-c3ccccc3)nc2[C@H](C)NC1=O. The number of benzene rings is 1. The van der Waals surface area contributed by atoms with E-state index in [1.807, 2.05) is 48.7 Å². The summed E-state index contributed by atoms with van der Waals surface area (Å²) in [5, 5.41) is 24.3. The molecule has 0 saturated carbocycles. The average molecular weight is 690 g/mol. The second-order valence-electron chi connectivity index (χ2n) is 13.4. The molecule has 16 heteroatoms. The number of nitrogens with zero attached hydrogens (tertiary/aromatic N) is 7. The lowest BCUT2D eigenvalue weighted by molar-refractivity contribution is -0.132. The van der Waals surface area contributed by atoms with Gasteiger partial charge in [-0.05, 0) is 45.4 Å². The summed E-state index contributed by atoms with van der Waals surface area (Å²) in [7, 11) is 0. The van der Waals surface area contributed by atoms with Crippen molar-refractivity contribution in [2.45, 2.75) is 97.4 Å². The van der Waals surface area contributed by atoms with E-state index in [2.05, 4.69) is 36.6 Å². The molecule has 2 aromatic heterocycles. The highest BCUT2D eigenvalue weighted by molar-refractivity contribution is 5.95. The summed E-state index contributed by atoms with van der Waals surface area (Å²) in [6.45, 7) is 7.57. The van der Waals surface area contributed by atoms with Crippen molar-refractivity contribution >= 4 is 29.5 Å². The summed E-state index contributed by atoms with van der Waals surface area (Å²) in [5.74, 6) is -0.633. The zero-order valence-electron chi connectivity index (χ0n) is 29.1. The van der Waals surface area contributed by atoms with Crippen LogP contribution in [-0.2, 0) is 38.7 Å². The number of amides is 5. The standard InChI is InChI=1S/C34H47N11O5/c1-21(2)18-25-33(49)37-22(3)30-39-29(24-12-7-5-8-13-24)42-45(30)20-27(46)35-15-11-16-43(19-28(47)36-23(4)32(48)38-25)34(50)31-41-40-26-14-9-6-10-17-44(26)31/h5,7-8,12-13,21-23,25H,6,9-11,14-20H2,1-4H3,(H,35,46)(H,36,47)(H,37,49)(H,38,48)/t22-,23+,25+/m0/s1. The molecule has 0 saturated heterocycles. The molecule has 0 radical (unpaired) electrons. The summed E-state index contributed by atoms with van der Waals surface area (Å²) in [6, 6.07) is 6.72. The first-order valence-electron chi connectivity index (χ1n) is 17.4. The van der Waals surface area contributed by atoms with Gasteiger partial charge in [0.15, 0.2) is 5.82 Å². The van der Waals surface area contributed by atoms with Crippen molar-refractivity contribution in [1.29, 1.82) is 0 Å². The van der Waals surface area contributed by atoms with Gasteiger partial charge in [-0.2, -0.15) is 5.10 Å². The summed E-state index contributed by atoms with van der Waals surface area (Å²) in [5.41, 5.74) is 0.746. The number of aryl methyl sites for hydroxylation is 1. The van der Waals surface area contributed by atoms with Crippen LogP contribution in [0.5, 0.6) is 0 Å². The fourth-order valence-corrected chi connectivity index (χ4v) is 6.13. The Kier molecular flexibility index (Phi) is 11.9. The molecule has 268 valence electrons. The number of carbonyl (C=O) groups is 5. The molecule has 3 atom stereocenters. The maximum atomic E-state index is 13.8. The Hall–Kier alpha value is -5.15. The number of hydrogen-bond acceptors (Lipinski definition) is 9. The smallest absolute Gasteiger partial charge is 0.292 e. The Morgan fingerprint density at radius 3 is 2.40 bits per heavy atom. The van der Waals surface area contributed by atoms with E-state index in [-0.39, 0.29) is 43.8 Å². The summed E-state index contributed by atoms with van der Waals surface area (Å²) in [6.07, 6.45) is 4.25. The van der Waals surface area contributed by atoms with E-state index >= 15 is 0 Å². The van der Waals surface area contributed by atoms with Gasteiger partial charge in [0, 0.05) is 31.6 Å². The maximum Gasteiger partial charge on any atom is 0.292 e. The zero-order valence-corrected chi connectivity index (χ0v) is 29.1. The minimum absolute atomic E-state index is 0.0525. The molecule has 0 unspecified atom stereocenters. The lowest BCUT2D eigenvalue weighted by Gasteiger charge is -2.25. The van der Waals surface area contributed by atoms with Gasteiger partial charge in [-0.25, -0.2) is 9.67 Å². The molecular weight excluding hydrogens is 642 g/mol. The van der Waals surface area contributed by atoms with Gasteiger partial charge in [-0.3, -0.25) is 24.0 Å². The minimum atomic E-state index is -0.999. The van der Waals surface area contributed by atoms with Crippen LogP contribution in [0.3, 0.4) is 0 Å². The van der Waals surface area contributed by atoms with Crippen molar-refractivity contribution in [3.8, 4) is 11.4 Å². The van der Waals surface area contributed by atoms with Gasteiger partial charge < -0.3 is 30.7 Å². The van der Waals surface area contributed by atoms with Crippen LogP contribution in [-0.4, -0.2) is 95.7 Å². The second-order valence-corrected chi connectivity index (χ2v) is 13.4. The molecule has 3 aromatic rings. The van der Waals surface area contributed by atoms with Gasteiger partial charge in [-0.1, -0.05) is 50.6 Å². The van der Waals surface area contributed by atoms with Crippen LogP contribution in [0.25, 0.3) is 11.4 Å². The quantitative estimate of drug-likeness (QED) is 0.310. The lowest BCUT2D eigenvalue weighted by atomic mass is 10.0. The molecule has 0 bridgehead atoms. The van der Waals surface area contributed by atoms with Crippen molar-refractivity contribution in [2.24, 2.45) is 5.92 Å². The van der Waals surface area contributed by atoms with E-state index in [1.54, 1.807) is 6.92 Å². The number of rotatable bonds is 4. The fourth-order valence-electron chi connectivity index (χ4n) is 6.13. The molecule has 4 N–H and O–H groups in total. The second kappa shape index (κ2) is 16.5. The van der Waals surface area contributed by atoms with E-state index in [4.69, 9.17) is 4.98 Å². The van der Waals surface area contributed by atoms with Gasteiger partial charge >= 0.3 is 0 Å². The normalized spacial score (nSPS) is 21.7. The zero-order chi connectivity index (χ0) is 35.8. The predicted octanol–water partition coefficient (Wildman–Crippen LogP) is 1.14. The van der Waals surface area contributed by atoms with E-state index in [1.165, 1.54) is 16.5 Å². The van der Waals surface area contributed by atoms with Crippen LogP contribution < -0.4 is 21.3 Å². The molecule has 5 rings (SSSR count). The van der Waals surface area contributed by atoms with Crippen LogP contribution in [0.2, 0.25) is 0 Å². The molecule has 5 amide bonds. The summed E-state index contributed by atoms with van der Waals surface area (Å²) < 4.78 is 3.28. The molecule has 50 heavy (non-hydrogen) atoms. The highest BCUT2D eigenvalue weighted by Crippen LogP contribution is 2.20. The van der Waals surface area contributed by atoms with Gasteiger partial charge in [-0.15, -0.1) is 10.2 Å². The van der Waals surface area contributed by atoms with Crippen molar-refractivity contribution in [3.63, 3.8) is 0 Å². The average Bonchev–Trinajstić information content (AvgIpc) is 3.61. The van der Waals surface area contributed by atoms with E-state index < -0.39 is 41.8 Å². The Morgan fingerprint density at radius 1 is 0.860 bits per heavy atom. The molecular formula is C34H47N11O5. The van der Waals surface area contributed by atoms with Crippen LogP contribution in [0, 0.1) is 5.92 Å². The Bertz CT molecular complexity index is 1690. The van der Waals surface area contributed by atoms with Gasteiger partial charge in [0.25, 0.3) is 5.91 Å². The van der Waals surface area contributed by atoms with Crippen molar-refractivity contribution in [2.75, 3.05) is 19.6 Å². The molecule has 16 nitrogen and oxygen atoms in total. The number of hydrogen-bond donors (Lipinski definition) is 4. The minimum Gasteiger partial charge on any atom is -0.354 e. The van der Waals surface area contributed by atoms with Crippen molar-refractivity contribution in [1.82, 2.24) is 55.7 Å². The molecule has 4 heterocycles. The number of carbonyl (C=O) groups excluding carboxylic acids is 5. The molecule has 0 aliphatic carbocycles. The topological polar surface area (TPSA) is 198 Å². The maximum absolute atomic E-state index is 13.8. The lowest BCUT2D eigenvalue weighted by Crippen LogP contribution is -2.54. The number of fused-ring (bicyclic) bond motifs is 2. The van der Waals surface area contributed by atoms with Crippen molar-refractivity contribution in [3.05, 3.63) is 47.8 Å². The van der Waals surface area contributed by atoms with Crippen LogP contribution >= 0.6 is 0 Å². The van der Waals surface area contributed by atoms with Gasteiger partial charge in [0.05, 0.1) is 12.6 Å². The Morgan fingerprint density at radius 2 is 1.64 bits per heavy atom. The Labute approximate surface area is 291 Å². The molecule has 0 fully saturated rings. The molecule has 2 aliphatic heterocycles. The molecule has 0 spiro atoms. The van der Waals surface area contributed by atoms with Crippen LogP contribution in [0.4, 0.5) is 0 Å². The monoisotopic (exact) mass is 689 g/mol. The first-order chi connectivity index (χ1) is 24.0. The van der Waals surface area contributed by atoms with Crippen LogP contribution in [0.1, 0.15) is 88.1 Å². The van der Waals surface area contributed by atoms with Gasteiger partial charge in [0.1, 0.15) is 30.3 Å². The van der Waals surface area contributed by atoms with Gasteiger partial charge in [0.2, 0.25) is 29.5 Å². The first-order valence-corrected chi connectivity index (χ1v) is 17.4. The molecule has 1 aromatic carbocycles. The van der Waals surface area contributed by atoms with E-state index in [9.17, 15) is 24.0 Å². The summed E-state index contributed by atoms with van der Waals surface area (Å²) >= 11 is 0. The van der Waals surface area contributed by atoms with Crippen molar-refractivity contribution < 1.29 is 24.0 Å². The third-order valence-corrected chi connectivity index (χ3v) is 8.73. The fraction of sp³-hybridized carbons (Fsp3) is 0.559. The highest BCUT2D eigenvalue weighted by atomic mass is 16.2. The third kappa shape index (κ3) is 9.09. The number of aromatic nitrogens is 6. The van der Waals surface area contributed by atoms with Crippen LogP contribution in [0.15, 0.2) is 30.3 Å². The Balaban J connectivity index is 1.42. The van der Waals surface area contributed by atoms with E-state index in [0.717, 1.165) is 30.7 Å². The predicted molar refractivity (Wildman–Crippen MR) is 182 cm³/mol. The van der Waals surface area contributed by atoms with E-state index in [0.29, 0.717) is 37.5 Å².